The molecule has 0 spiro atoms. The van der Waals surface area contributed by atoms with Gasteiger partial charge < -0.3 is 5.11 Å². The summed E-state index contributed by atoms with van der Waals surface area (Å²) in [5, 5.41) is 10.8. The lowest BCUT2D eigenvalue weighted by Crippen LogP contribution is -2.34. The van der Waals surface area contributed by atoms with E-state index in [1.54, 1.807) is 0 Å². The van der Waals surface area contributed by atoms with E-state index in [4.69, 9.17) is 0 Å². The topological polar surface area (TPSA) is 75.9 Å². The molecule has 2 heterocycles. The Bertz CT molecular complexity index is 624. The van der Waals surface area contributed by atoms with Gasteiger partial charge in [0.2, 0.25) is 0 Å². The van der Waals surface area contributed by atoms with Crippen LogP contribution in [0.15, 0.2) is 12.1 Å². The molecule has 2 fully saturated rings. The molecule has 0 radical (unpaired) electrons. The maximum Gasteiger partial charge on any atom is 0.307 e. The summed E-state index contributed by atoms with van der Waals surface area (Å²) in [5.41, 5.74) is 2.13. The molecule has 2 aliphatic rings. The van der Waals surface area contributed by atoms with Crippen LogP contribution in [0.3, 0.4) is 0 Å². The number of anilines is 1. The third kappa shape index (κ3) is 3.24. The maximum atomic E-state index is 14.3. The Morgan fingerprint density at radius 1 is 1.35 bits per heavy atom. The highest BCUT2D eigenvalue weighted by molar-refractivity contribution is 5.82. The minimum Gasteiger partial charge on any atom is -0.505 e. The predicted octanol–water partition coefficient (Wildman–Crippen LogP) is 1.01. The number of hydrogen-bond acceptors (Lipinski definition) is 4. The van der Waals surface area contributed by atoms with E-state index in [0.717, 1.165) is 5.01 Å². The number of piperidine rings is 1. The van der Waals surface area contributed by atoms with E-state index in [-0.39, 0.29) is 17.2 Å². The van der Waals surface area contributed by atoms with E-state index in [2.05, 4.69) is 0 Å². The molecule has 1 aromatic rings. The number of amides is 1. The first-order chi connectivity index (χ1) is 10.9. The molecule has 0 unspecified atom stereocenters. The lowest BCUT2D eigenvalue weighted by molar-refractivity contribution is -0.591. The van der Waals surface area contributed by atoms with Crippen LogP contribution in [-0.4, -0.2) is 46.7 Å². The van der Waals surface area contributed by atoms with E-state index in [9.17, 15) is 23.6 Å². The Morgan fingerprint density at radius 2 is 2.04 bits per heavy atom. The smallest absolute Gasteiger partial charge is 0.307 e. The number of nitrogens with zero attached hydrogens (tertiary/aromatic N) is 3. The summed E-state index contributed by atoms with van der Waals surface area (Å²) in [6, 6.07) is 2.57. The first-order valence-electron chi connectivity index (χ1n) is 7.36. The van der Waals surface area contributed by atoms with Crippen molar-refractivity contribution in [2.24, 2.45) is 0 Å². The van der Waals surface area contributed by atoms with Crippen LogP contribution < -0.4 is 10.4 Å². The highest BCUT2D eigenvalue weighted by atomic mass is 19.1. The Balaban J connectivity index is 1.78. The summed E-state index contributed by atoms with van der Waals surface area (Å²) in [6.07, 6.45) is 0.0976. The molecule has 0 atom stereocenters. The van der Waals surface area contributed by atoms with Crippen molar-refractivity contribution in [2.75, 3.05) is 24.6 Å². The van der Waals surface area contributed by atoms with Crippen molar-refractivity contribution in [3.05, 3.63) is 28.4 Å². The summed E-state index contributed by atoms with van der Waals surface area (Å²) >= 11 is 0. The van der Waals surface area contributed by atoms with Gasteiger partial charge in [0.25, 0.3) is 4.98 Å². The molecule has 2 aliphatic heterocycles. The summed E-state index contributed by atoms with van der Waals surface area (Å²) in [4.78, 5) is 24.8. The quantitative estimate of drug-likeness (QED) is 0.811. The van der Waals surface area contributed by atoms with Crippen LogP contribution in [0.4, 0.5) is 14.5 Å². The van der Waals surface area contributed by atoms with E-state index in [1.807, 2.05) is 10.3 Å². The van der Waals surface area contributed by atoms with E-state index in [1.165, 1.54) is 12.1 Å². The number of aromatic hydroxyl groups is 1. The van der Waals surface area contributed by atoms with Crippen molar-refractivity contribution in [3.8, 4) is 5.75 Å². The Labute approximate surface area is 131 Å². The summed E-state index contributed by atoms with van der Waals surface area (Å²) in [7, 11) is 0. The van der Waals surface area contributed by atoms with Gasteiger partial charge in [-0.1, -0.05) is 10.4 Å². The highest BCUT2D eigenvalue weighted by Gasteiger charge is 2.40. The number of halogens is 2. The Kier molecular flexibility index (Phi) is 4.12. The van der Waals surface area contributed by atoms with Gasteiger partial charge in [0.1, 0.15) is 11.9 Å². The zero-order valence-electron chi connectivity index (χ0n) is 12.3. The number of likely N-dealkylation sites (tertiary alicyclic amines) is 1. The lowest BCUT2D eigenvalue weighted by atomic mass is 10.1. The molecule has 0 aliphatic carbocycles. The molecule has 7 nitrogen and oxygen atoms in total. The van der Waals surface area contributed by atoms with Crippen molar-refractivity contribution in [1.82, 2.24) is 10.3 Å². The van der Waals surface area contributed by atoms with Crippen molar-refractivity contribution in [3.63, 3.8) is 0 Å². The van der Waals surface area contributed by atoms with Gasteiger partial charge in [-0.3, -0.25) is 9.69 Å². The van der Waals surface area contributed by atoms with Gasteiger partial charge >= 0.3 is 5.91 Å². The monoisotopic (exact) mass is 327 g/mol. The van der Waals surface area contributed by atoms with Gasteiger partial charge in [0, 0.05) is 19.6 Å². The van der Waals surface area contributed by atoms with Crippen LogP contribution in [0.25, 0.3) is 0 Å². The number of nitroso groups, excluding NO2 is 1. The summed E-state index contributed by atoms with van der Waals surface area (Å²) in [6.45, 7) is 1.17. The highest BCUT2D eigenvalue weighted by Crippen LogP contribution is 2.33. The van der Waals surface area contributed by atoms with E-state index in [0.29, 0.717) is 38.0 Å². The number of alkyl halides is 1. The minimum atomic E-state index is -0.794. The Morgan fingerprint density at radius 3 is 2.61 bits per heavy atom. The molecule has 23 heavy (non-hydrogen) atoms. The molecular weight excluding hydrogens is 310 g/mol. The van der Waals surface area contributed by atoms with Crippen molar-refractivity contribution in [1.29, 1.82) is 0 Å². The maximum absolute atomic E-state index is 14.3. The molecule has 2 saturated heterocycles. The molecule has 0 aromatic heterocycles. The first-order valence-corrected chi connectivity index (χ1v) is 7.36. The SMILES string of the molecule is O=C1CN(c2c(O)cc(CN3CCC(F)CC3)cc2F)[N+](=O)N1. The zero-order chi connectivity index (χ0) is 16.6. The fourth-order valence-electron chi connectivity index (χ4n) is 2.88. The largest absolute Gasteiger partial charge is 0.505 e. The lowest BCUT2D eigenvalue weighted by Gasteiger charge is -2.28. The van der Waals surface area contributed by atoms with Gasteiger partial charge in [-0.15, -0.1) is 0 Å². The van der Waals surface area contributed by atoms with Gasteiger partial charge in [0.15, 0.2) is 18.0 Å². The number of nitrogens with one attached hydrogen (secondary N) is 1. The molecule has 0 bridgehead atoms. The third-order valence-electron chi connectivity index (χ3n) is 4.02. The molecule has 3 rings (SSSR count). The number of hydrazine groups is 2. The standard InChI is InChI=1S/C14H16F2N4O3/c15-10-1-3-18(4-2-10)7-9-5-11(16)14(12(21)6-9)19-8-13(22)17-20(19)23/h5-6,10H,1-4,7-8H2,(H-,17,21,22,23)/p+1. The number of carbonyl (C=O) groups excluding carboxylic acids is 1. The number of hydrogen-bond donors (Lipinski definition) is 2. The normalized spacial score (nSPS) is 20.2. The van der Waals surface area contributed by atoms with Crippen LogP contribution in [0.2, 0.25) is 0 Å². The molecule has 1 aromatic carbocycles. The second-order valence-electron chi connectivity index (χ2n) is 5.76. The Hall–Kier alpha value is -2.29. The number of phenolic OH excluding ortho intramolecular Hbond substituents is 1. The van der Waals surface area contributed by atoms with Crippen LogP contribution in [0, 0.1) is 10.7 Å². The van der Waals surface area contributed by atoms with Crippen LogP contribution in [0.5, 0.6) is 5.75 Å². The summed E-state index contributed by atoms with van der Waals surface area (Å²) < 4.78 is 27.4. The van der Waals surface area contributed by atoms with Crippen molar-refractivity contribution < 1.29 is 23.7 Å². The number of carbonyl (C=O) groups is 1. The number of benzene rings is 1. The first kappa shape index (κ1) is 15.6. The molecule has 1 amide bonds. The molecular formula is C14H17F2N4O3+. The molecule has 124 valence electrons. The fourth-order valence-corrected chi connectivity index (χ4v) is 2.88. The van der Waals surface area contributed by atoms with E-state index < -0.39 is 23.6 Å². The fraction of sp³-hybridized carbons (Fsp3) is 0.500. The van der Waals surface area contributed by atoms with Gasteiger partial charge in [-0.2, -0.15) is 0 Å². The van der Waals surface area contributed by atoms with Gasteiger partial charge in [-0.05, 0) is 30.5 Å². The van der Waals surface area contributed by atoms with Crippen LogP contribution in [-0.2, 0) is 11.3 Å². The molecule has 0 saturated carbocycles. The van der Waals surface area contributed by atoms with Gasteiger partial charge in [-0.25, -0.2) is 8.78 Å². The number of rotatable bonds is 3. The van der Waals surface area contributed by atoms with E-state index >= 15 is 0 Å². The second kappa shape index (κ2) is 6.07. The third-order valence-corrected chi connectivity index (χ3v) is 4.02. The molecule has 2 N–H and O–H groups in total. The minimum absolute atomic E-state index is 0.0894. The average Bonchev–Trinajstić information content (AvgIpc) is 2.79. The number of phenols is 1. The predicted molar refractivity (Wildman–Crippen MR) is 76.6 cm³/mol. The van der Waals surface area contributed by atoms with Crippen LogP contribution in [0.1, 0.15) is 18.4 Å². The second-order valence-corrected chi connectivity index (χ2v) is 5.76. The summed E-state index contributed by atoms with van der Waals surface area (Å²) in [5.74, 6) is -1.80. The van der Waals surface area contributed by atoms with Crippen molar-refractivity contribution in [2.45, 2.75) is 25.6 Å². The van der Waals surface area contributed by atoms with Gasteiger partial charge in [0.05, 0.1) is 4.91 Å². The molecule has 9 heteroatoms. The zero-order valence-corrected chi connectivity index (χ0v) is 12.3. The average molecular weight is 327 g/mol. The van der Waals surface area contributed by atoms with Crippen LogP contribution >= 0.6 is 0 Å². The van der Waals surface area contributed by atoms with Crippen molar-refractivity contribution >= 4 is 11.6 Å².